The van der Waals surface area contributed by atoms with Gasteiger partial charge >= 0.3 is 6.09 Å². The SMILES string of the molecule is CCOC(=O)NC1CC(C(C)C)CN(c2ccccc2)C1. The molecule has 1 N–H and O–H groups in total. The van der Waals surface area contributed by atoms with Crippen molar-refractivity contribution in [1.29, 1.82) is 0 Å². The lowest BCUT2D eigenvalue weighted by atomic mass is 9.85. The number of hydrogen-bond acceptors (Lipinski definition) is 3. The van der Waals surface area contributed by atoms with E-state index in [2.05, 4.69) is 48.3 Å². The molecule has 1 aromatic carbocycles. The fourth-order valence-corrected chi connectivity index (χ4v) is 2.91. The van der Waals surface area contributed by atoms with Gasteiger partial charge in [0.1, 0.15) is 0 Å². The van der Waals surface area contributed by atoms with Gasteiger partial charge in [0.05, 0.1) is 12.6 Å². The fraction of sp³-hybridized carbons (Fsp3) is 0.588. The van der Waals surface area contributed by atoms with Crippen LogP contribution < -0.4 is 10.2 Å². The molecule has 1 fully saturated rings. The summed E-state index contributed by atoms with van der Waals surface area (Å²) in [5.74, 6) is 1.17. The van der Waals surface area contributed by atoms with Gasteiger partial charge in [-0.1, -0.05) is 32.0 Å². The Bertz CT molecular complexity index is 447. The van der Waals surface area contributed by atoms with E-state index >= 15 is 0 Å². The van der Waals surface area contributed by atoms with Crippen molar-refractivity contribution in [3.63, 3.8) is 0 Å². The number of para-hydroxylation sites is 1. The molecule has 2 unspecified atom stereocenters. The summed E-state index contributed by atoms with van der Waals surface area (Å²) in [6.45, 7) is 8.62. The Balaban J connectivity index is 2.06. The van der Waals surface area contributed by atoms with Crippen LogP contribution in [0.3, 0.4) is 0 Å². The van der Waals surface area contributed by atoms with Crippen LogP contribution in [0.5, 0.6) is 0 Å². The molecular formula is C17H26N2O2. The third-order valence-corrected chi connectivity index (χ3v) is 4.14. The maximum absolute atomic E-state index is 11.7. The number of carbonyl (C=O) groups excluding carboxylic acids is 1. The van der Waals surface area contributed by atoms with Crippen molar-refractivity contribution in [2.24, 2.45) is 11.8 Å². The predicted molar refractivity (Wildman–Crippen MR) is 85.5 cm³/mol. The molecule has 0 bridgehead atoms. The molecular weight excluding hydrogens is 264 g/mol. The number of nitrogens with one attached hydrogen (secondary N) is 1. The van der Waals surface area contributed by atoms with Crippen molar-refractivity contribution in [2.75, 3.05) is 24.6 Å². The van der Waals surface area contributed by atoms with E-state index in [1.54, 1.807) is 0 Å². The van der Waals surface area contributed by atoms with Gasteiger partial charge in [0.15, 0.2) is 0 Å². The van der Waals surface area contributed by atoms with Crippen molar-refractivity contribution >= 4 is 11.8 Å². The Morgan fingerprint density at radius 3 is 2.67 bits per heavy atom. The minimum atomic E-state index is -0.306. The average molecular weight is 290 g/mol. The minimum Gasteiger partial charge on any atom is -0.450 e. The third kappa shape index (κ3) is 4.38. The zero-order valence-corrected chi connectivity index (χ0v) is 13.2. The van der Waals surface area contributed by atoms with Crippen LogP contribution in [-0.2, 0) is 4.74 Å². The molecule has 1 aromatic rings. The van der Waals surface area contributed by atoms with Crippen LogP contribution in [-0.4, -0.2) is 31.8 Å². The molecule has 0 radical (unpaired) electrons. The zero-order valence-electron chi connectivity index (χ0n) is 13.2. The van der Waals surface area contributed by atoms with E-state index in [9.17, 15) is 4.79 Å². The number of nitrogens with zero attached hydrogens (tertiary/aromatic N) is 1. The lowest BCUT2D eigenvalue weighted by Gasteiger charge is -2.40. The first kappa shape index (κ1) is 15.7. The number of alkyl carbamates (subject to hydrolysis) is 1. The van der Waals surface area contributed by atoms with Crippen LogP contribution in [0.25, 0.3) is 0 Å². The zero-order chi connectivity index (χ0) is 15.2. The van der Waals surface area contributed by atoms with E-state index in [1.807, 2.05) is 13.0 Å². The van der Waals surface area contributed by atoms with Crippen molar-refractivity contribution < 1.29 is 9.53 Å². The number of hydrogen-bond donors (Lipinski definition) is 1. The summed E-state index contributed by atoms with van der Waals surface area (Å²) in [6, 6.07) is 10.5. The highest BCUT2D eigenvalue weighted by Crippen LogP contribution is 2.27. The Hall–Kier alpha value is -1.71. The molecule has 0 spiro atoms. The molecule has 1 amide bonds. The molecule has 1 heterocycles. The van der Waals surface area contributed by atoms with Crippen molar-refractivity contribution in [1.82, 2.24) is 5.32 Å². The van der Waals surface area contributed by atoms with E-state index in [4.69, 9.17) is 4.74 Å². The molecule has 2 atom stereocenters. The van der Waals surface area contributed by atoms with Crippen LogP contribution in [0.4, 0.5) is 10.5 Å². The lowest BCUT2D eigenvalue weighted by Crippen LogP contribution is -2.52. The van der Waals surface area contributed by atoms with E-state index < -0.39 is 0 Å². The molecule has 1 aliphatic rings. The number of carbonyl (C=O) groups is 1. The van der Waals surface area contributed by atoms with Crippen molar-refractivity contribution in [2.45, 2.75) is 33.2 Å². The Morgan fingerprint density at radius 1 is 1.33 bits per heavy atom. The summed E-state index contributed by atoms with van der Waals surface area (Å²) in [7, 11) is 0. The number of ether oxygens (including phenoxy) is 1. The number of benzene rings is 1. The Labute approximate surface area is 127 Å². The summed E-state index contributed by atoms with van der Waals surface area (Å²) < 4.78 is 5.01. The average Bonchev–Trinajstić information content (AvgIpc) is 2.48. The molecule has 0 aromatic heterocycles. The van der Waals surface area contributed by atoms with Gasteiger partial charge in [0, 0.05) is 18.8 Å². The van der Waals surface area contributed by atoms with Gasteiger partial charge in [-0.25, -0.2) is 4.79 Å². The van der Waals surface area contributed by atoms with Crippen LogP contribution in [0, 0.1) is 11.8 Å². The molecule has 4 nitrogen and oxygen atoms in total. The fourth-order valence-electron chi connectivity index (χ4n) is 2.91. The highest BCUT2D eigenvalue weighted by Gasteiger charge is 2.30. The second-order valence-corrected chi connectivity index (χ2v) is 6.04. The topological polar surface area (TPSA) is 41.6 Å². The second kappa shape index (κ2) is 7.34. The summed E-state index contributed by atoms with van der Waals surface area (Å²) in [5.41, 5.74) is 1.22. The van der Waals surface area contributed by atoms with Crippen LogP contribution in [0.2, 0.25) is 0 Å². The molecule has 21 heavy (non-hydrogen) atoms. The van der Waals surface area contributed by atoms with Crippen molar-refractivity contribution in [3.8, 4) is 0 Å². The van der Waals surface area contributed by atoms with E-state index in [0.29, 0.717) is 18.4 Å². The summed E-state index contributed by atoms with van der Waals surface area (Å²) >= 11 is 0. The number of rotatable bonds is 4. The monoisotopic (exact) mass is 290 g/mol. The highest BCUT2D eigenvalue weighted by atomic mass is 16.5. The Kier molecular flexibility index (Phi) is 5.48. The maximum atomic E-state index is 11.7. The largest absolute Gasteiger partial charge is 0.450 e. The van der Waals surface area contributed by atoms with Gasteiger partial charge in [-0.05, 0) is 37.3 Å². The van der Waals surface area contributed by atoms with Gasteiger partial charge in [0.25, 0.3) is 0 Å². The maximum Gasteiger partial charge on any atom is 0.407 e. The van der Waals surface area contributed by atoms with Crippen LogP contribution in [0.15, 0.2) is 30.3 Å². The van der Waals surface area contributed by atoms with Gasteiger partial charge in [-0.2, -0.15) is 0 Å². The highest BCUT2D eigenvalue weighted by molar-refractivity contribution is 5.67. The van der Waals surface area contributed by atoms with Gasteiger partial charge < -0.3 is 15.0 Å². The molecule has 2 rings (SSSR count). The second-order valence-electron chi connectivity index (χ2n) is 6.04. The van der Waals surface area contributed by atoms with Crippen LogP contribution >= 0.6 is 0 Å². The first-order valence-corrected chi connectivity index (χ1v) is 7.83. The van der Waals surface area contributed by atoms with Gasteiger partial charge in [-0.15, -0.1) is 0 Å². The van der Waals surface area contributed by atoms with Gasteiger partial charge in [0.2, 0.25) is 0 Å². The summed E-state index contributed by atoms with van der Waals surface area (Å²) in [4.78, 5) is 14.0. The summed E-state index contributed by atoms with van der Waals surface area (Å²) in [6.07, 6.45) is 0.708. The standard InChI is InChI=1S/C17H26N2O2/c1-4-21-17(20)18-15-10-14(13(2)3)11-19(12-15)16-8-6-5-7-9-16/h5-9,13-15H,4,10-12H2,1-3H3,(H,18,20). The molecule has 4 heteroatoms. The molecule has 1 saturated heterocycles. The molecule has 1 aliphatic heterocycles. The van der Waals surface area contributed by atoms with Crippen molar-refractivity contribution in [3.05, 3.63) is 30.3 Å². The summed E-state index contributed by atoms with van der Waals surface area (Å²) in [5, 5.41) is 3.00. The number of anilines is 1. The molecule has 0 aliphatic carbocycles. The van der Waals surface area contributed by atoms with Gasteiger partial charge in [-0.3, -0.25) is 0 Å². The molecule has 0 saturated carbocycles. The smallest absolute Gasteiger partial charge is 0.407 e. The first-order chi connectivity index (χ1) is 10.1. The van der Waals surface area contributed by atoms with E-state index in [0.717, 1.165) is 19.5 Å². The predicted octanol–water partition coefficient (Wildman–Crippen LogP) is 3.28. The molecule has 116 valence electrons. The van der Waals surface area contributed by atoms with E-state index in [-0.39, 0.29) is 12.1 Å². The third-order valence-electron chi connectivity index (χ3n) is 4.14. The number of amides is 1. The van der Waals surface area contributed by atoms with Crippen LogP contribution in [0.1, 0.15) is 27.2 Å². The quantitative estimate of drug-likeness (QED) is 0.925. The minimum absolute atomic E-state index is 0.144. The van der Waals surface area contributed by atoms with E-state index in [1.165, 1.54) is 5.69 Å². The lowest BCUT2D eigenvalue weighted by molar-refractivity contribution is 0.143. The Morgan fingerprint density at radius 2 is 2.05 bits per heavy atom. The normalized spacial score (nSPS) is 22.2. The first-order valence-electron chi connectivity index (χ1n) is 7.83. The number of piperidine rings is 1.